The molecule has 1 atom stereocenters. The quantitative estimate of drug-likeness (QED) is 0.819. The Labute approximate surface area is 106 Å². The summed E-state index contributed by atoms with van der Waals surface area (Å²) in [5, 5.41) is 11.6. The van der Waals surface area contributed by atoms with Crippen molar-refractivity contribution in [3.8, 4) is 0 Å². The number of nitrogens with zero attached hydrogens (tertiary/aromatic N) is 1. The maximum absolute atomic E-state index is 11.3. The summed E-state index contributed by atoms with van der Waals surface area (Å²) in [7, 11) is 5.32. The molecule has 18 heavy (non-hydrogen) atoms. The summed E-state index contributed by atoms with van der Waals surface area (Å²) in [6, 6.07) is 7.18. The lowest BCUT2D eigenvalue weighted by atomic mass is 9.95. The Bertz CT molecular complexity index is 426. The van der Waals surface area contributed by atoms with Crippen LogP contribution in [0, 0.1) is 0 Å². The van der Waals surface area contributed by atoms with Crippen molar-refractivity contribution in [3.63, 3.8) is 0 Å². The minimum Gasteiger partial charge on any atom is -0.481 e. The third-order valence-corrected chi connectivity index (χ3v) is 2.78. The van der Waals surface area contributed by atoms with Crippen molar-refractivity contribution in [1.82, 2.24) is 5.32 Å². The van der Waals surface area contributed by atoms with Gasteiger partial charge in [0.05, 0.1) is 5.92 Å². The molecule has 0 bridgehead atoms. The van der Waals surface area contributed by atoms with E-state index in [0.29, 0.717) is 5.56 Å². The molecule has 1 unspecified atom stereocenters. The predicted molar refractivity (Wildman–Crippen MR) is 69.8 cm³/mol. The fraction of sp³-hybridized carbons (Fsp3) is 0.385. The number of carboxylic acids is 1. The van der Waals surface area contributed by atoms with Gasteiger partial charge in [0.25, 0.3) is 0 Å². The molecule has 0 radical (unpaired) electrons. The van der Waals surface area contributed by atoms with Crippen molar-refractivity contribution < 1.29 is 14.7 Å². The summed E-state index contributed by atoms with van der Waals surface area (Å²) in [5.41, 5.74) is 1.62. The molecule has 1 aromatic rings. The van der Waals surface area contributed by atoms with Crippen LogP contribution in [0.1, 0.15) is 17.9 Å². The first kappa shape index (κ1) is 14.0. The standard InChI is InChI=1S/C13H18N2O3/c1-14-12(16)8-11(13(17)18)9-4-6-10(7-5-9)15(2)3/h4-7,11H,8H2,1-3H3,(H,14,16)(H,17,18). The molecule has 0 saturated carbocycles. The third-order valence-electron chi connectivity index (χ3n) is 2.78. The number of anilines is 1. The number of amides is 1. The molecule has 1 rings (SSSR count). The number of hydrogen-bond donors (Lipinski definition) is 2. The van der Waals surface area contributed by atoms with Gasteiger partial charge in [0.15, 0.2) is 0 Å². The first-order valence-corrected chi connectivity index (χ1v) is 5.66. The van der Waals surface area contributed by atoms with Crippen LogP contribution >= 0.6 is 0 Å². The number of hydrogen-bond acceptors (Lipinski definition) is 3. The van der Waals surface area contributed by atoms with Gasteiger partial charge in [0.2, 0.25) is 5.91 Å². The zero-order chi connectivity index (χ0) is 13.7. The lowest BCUT2D eigenvalue weighted by Crippen LogP contribution is -2.24. The molecule has 0 aliphatic carbocycles. The lowest BCUT2D eigenvalue weighted by molar-refractivity contribution is -0.140. The molecule has 0 spiro atoms. The minimum atomic E-state index is -0.990. The van der Waals surface area contributed by atoms with Gasteiger partial charge < -0.3 is 15.3 Å². The zero-order valence-electron chi connectivity index (χ0n) is 10.8. The number of rotatable bonds is 5. The van der Waals surface area contributed by atoms with Gasteiger partial charge in [-0.15, -0.1) is 0 Å². The Morgan fingerprint density at radius 2 is 1.83 bits per heavy atom. The van der Waals surface area contributed by atoms with Crippen LogP contribution in [0.25, 0.3) is 0 Å². The highest BCUT2D eigenvalue weighted by Gasteiger charge is 2.22. The topological polar surface area (TPSA) is 69.6 Å². The largest absolute Gasteiger partial charge is 0.481 e. The highest BCUT2D eigenvalue weighted by atomic mass is 16.4. The van der Waals surface area contributed by atoms with Gasteiger partial charge in [-0.3, -0.25) is 9.59 Å². The van der Waals surface area contributed by atoms with E-state index in [1.54, 1.807) is 12.1 Å². The lowest BCUT2D eigenvalue weighted by Gasteiger charge is -2.15. The number of benzene rings is 1. The average molecular weight is 250 g/mol. The Balaban J connectivity index is 2.92. The molecule has 0 aliphatic heterocycles. The Morgan fingerprint density at radius 3 is 2.22 bits per heavy atom. The van der Waals surface area contributed by atoms with E-state index in [4.69, 9.17) is 5.11 Å². The third kappa shape index (κ3) is 3.48. The van der Waals surface area contributed by atoms with Crippen LogP contribution in [0.4, 0.5) is 5.69 Å². The highest BCUT2D eigenvalue weighted by Crippen LogP contribution is 2.22. The first-order valence-electron chi connectivity index (χ1n) is 5.66. The second-order valence-electron chi connectivity index (χ2n) is 4.25. The minimum absolute atomic E-state index is 0.0485. The van der Waals surface area contributed by atoms with Gasteiger partial charge >= 0.3 is 5.97 Å². The van der Waals surface area contributed by atoms with Gasteiger partial charge in [-0.25, -0.2) is 0 Å². The van der Waals surface area contributed by atoms with Crippen LogP contribution in [-0.4, -0.2) is 38.1 Å². The number of carbonyl (C=O) groups excluding carboxylic acids is 1. The van der Waals surface area contributed by atoms with Gasteiger partial charge in [-0.05, 0) is 17.7 Å². The molecule has 2 N–H and O–H groups in total. The van der Waals surface area contributed by atoms with E-state index < -0.39 is 11.9 Å². The van der Waals surface area contributed by atoms with Crippen molar-refractivity contribution in [2.75, 3.05) is 26.0 Å². The fourth-order valence-corrected chi connectivity index (χ4v) is 1.64. The predicted octanol–water partition coefficient (Wildman–Crippen LogP) is 1.06. The second-order valence-corrected chi connectivity index (χ2v) is 4.25. The maximum atomic E-state index is 11.3. The molecule has 0 aromatic heterocycles. The molecular weight excluding hydrogens is 232 g/mol. The van der Waals surface area contributed by atoms with Gasteiger partial charge in [-0.2, -0.15) is 0 Å². The second kappa shape index (κ2) is 6.05. The smallest absolute Gasteiger partial charge is 0.311 e. The molecular formula is C13H18N2O3. The molecule has 1 amide bonds. The van der Waals surface area contributed by atoms with E-state index >= 15 is 0 Å². The monoisotopic (exact) mass is 250 g/mol. The first-order chi connectivity index (χ1) is 8.45. The van der Waals surface area contributed by atoms with E-state index in [-0.39, 0.29) is 12.3 Å². The van der Waals surface area contributed by atoms with Crippen molar-refractivity contribution in [2.45, 2.75) is 12.3 Å². The average Bonchev–Trinajstić information content (AvgIpc) is 2.35. The number of aliphatic carboxylic acids is 1. The molecule has 0 fully saturated rings. The summed E-state index contributed by atoms with van der Waals surface area (Å²) in [6.07, 6.45) is -0.0485. The molecule has 98 valence electrons. The Kier molecular flexibility index (Phi) is 4.71. The number of carboxylic acid groups (broad SMARTS) is 1. The van der Waals surface area contributed by atoms with E-state index in [2.05, 4.69) is 5.32 Å². The van der Waals surface area contributed by atoms with Crippen molar-refractivity contribution in [2.24, 2.45) is 0 Å². The summed E-state index contributed by atoms with van der Waals surface area (Å²) >= 11 is 0. The molecule has 1 aromatic carbocycles. The van der Waals surface area contributed by atoms with Gasteiger partial charge in [0, 0.05) is 33.3 Å². The Morgan fingerprint density at radius 1 is 1.28 bits per heavy atom. The molecule has 0 heterocycles. The van der Waals surface area contributed by atoms with Gasteiger partial charge in [0.1, 0.15) is 0 Å². The van der Waals surface area contributed by atoms with E-state index in [1.807, 2.05) is 31.1 Å². The highest BCUT2D eigenvalue weighted by molar-refractivity contribution is 5.85. The fourth-order valence-electron chi connectivity index (χ4n) is 1.64. The van der Waals surface area contributed by atoms with Crippen LogP contribution in [0.3, 0.4) is 0 Å². The number of carbonyl (C=O) groups is 2. The van der Waals surface area contributed by atoms with Crippen molar-refractivity contribution >= 4 is 17.6 Å². The summed E-state index contributed by atoms with van der Waals surface area (Å²) in [5.74, 6) is -2.07. The summed E-state index contributed by atoms with van der Waals surface area (Å²) in [4.78, 5) is 24.4. The van der Waals surface area contributed by atoms with Crippen LogP contribution in [0.15, 0.2) is 24.3 Å². The molecule has 5 heteroatoms. The van der Waals surface area contributed by atoms with E-state index in [1.165, 1.54) is 7.05 Å². The molecule has 0 saturated heterocycles. The number of nitrogens with one attached hydrogen (secondary N) is 1. The SMILES string of the molecule is CNC(=O)CC(C(=O)O)c1ccc(N(C)C)cc1. The zero-order valence-corrected chi connectivity index (χ0v) is 10.8. The Hall–Kier alpha value is -2.04. The van der Waals surface area contributed by atoms with E-state index in [9.17, 15) is 9.59 Å². The molecule has 5 nitrogen and oxygen atoms in total. The summed E-state index contributed by atoms with van der Waals surface area (Å²) in [6.45, 7) is 0. The van der Waals surface area contributed by atoms with E-state index in [0.717, 1.165) is 5.69 Å². The van der Waals surface area contributed by atoms with Crippen LogP contribution in [0.5, 0.6) is 0 Å². The maximum Gasteiger partial charge on any atom is 0.311 e. The van der Waals surface area contributed by atoms with Crippen LogP contribution < -0.4 is 10.2 Å². The van der Waals surface area contributed by atoms with Crippen molar-refractivity contribution in [1.29, 1.82) is 0 Å². The molecule has 0 aliphatic rings. The summed E-state index contributed by atoms with van der Waals surface area (Å²) < 4.78 is 0. The van der Waals surface area contributed by atoms with Crippen LogP contribution in [-0.2, 0) is 9.59 Å². The van der Waals surface area contributed by atoms with Crippen LogP contribution in [0.2, 0.25) is 0 Å². The normalized spacial score (nSPS) is 11.7. The van der Waals surface area contributed by atoms with Crippen molar-refractivity contribution in [3.05, 3.63) is 29.8 Å². The van der Waals surface area contributed by atoms with Gasteiger partial charge in [-0.1, -0.05) is 12.1 Å².